The number of hydrogen-bond donors (Lipinski definition) is 0. The zero-order chi connectivity index (χ0) is 20.4. The number of benzene rings is 2. The van der Waals surface area contributed by atoms with Gasteiger partial charge in [0.1, 0.15) is 5.82 Å². The van der Waals surface area contributed by atoms with E-state index in [1.165, 1.54) is 17.0 Å². The van der Waals surface area contributed by atoms with Gasteiger partial charge in [-0.05, 0) is 29.8 Å². The molecule has 0 spiro atoms. The molecule has 1 aliphatic rings. The number of aromatic nitrogens is 2. The first-order chi connectivity index (χ1) is 14.0. The average Bonchev–Trinajstić information content (AvgIpc) is 3.35. The Labute approximate surface area is 166 Å². The normalized spacial score (nSPS) is 18.2. The highest BCUT2D eigenvalue weighted by Crippen LogP contribution is 2.25. The van der Waals surface area contributed by atoms with E-state index in [9.17, 15) is 9.18 Å². The monoisotopic (exact) mass is 394 g/mol. The van der Waals surface area contributed by atoms with Crippen molar-refractivity contribution in [2.24, 2.45) is 11.1 Å². The van der Waals surface area contributed by atoms with Crippen LogP contribution in [-0.4, -0.2) is 39.9 Å². The summed E-state index contributed by atoms with van der Waals surface area (Å²) < 4.78 is 18.8. The fourth-order valence-electron chi connectivity index (χ4n) is 3.14. The quantitative estimate of drug-likeness (QED) is 0.663. The van der Waals surface area contributed by atoms with E-state index in [0.717, 1.165) is 11.1 Å². The Morgan fingerprint density at radius 2 is 1.79 bits per heavy atom. The van der Waals surface area contributed by atoms with Gasteiger partial charge in [-0.15, -0.1) is 10.2 Å². The Bertz CT molecular complexity index is 1030. The third-order valence-electron chi connectivity index (χ3n) is 4.77. The number of amides is 1. The lowest BCUT2D eigenvalue weighted by molar-refractivity contribution is -0.143. The third-order valence-corrected chi connectivity index (χ3v) is 4.77. The lowest BCUT2D eigenvalue weighted by Gasteiger charge is -2.20. The second kappa shape index (κ2) is 7.83. The molecule has 29 heavy (non-hydrogen) atoms. The maximum absolute atomic E-state index is 13.1. The molecule has 0 unspecified atom stereocenters. The summed E-state index contributed by atoms with van der Waals surface area (Å²) in [6.45, 7) is 2.00. The molecule has 0 bridgehead atoms. The van der Waals surface area contributed by atoms with Gasteiger partial charge in [-0.3, -0.25) is 4.79 Å². The molecule has 7 nitrogen and oxygen atoms in total. The molecule has 1 aliphatic heterocycles. The van der Waals surface area contributed by atoms with Gasteiger partial charge in [-0.1, -0.05) is 42.4 Å². The fraction of sp³-hybridized carbons (Fsp3) is 0.238. The van der Waals surface area contributed by atoms with E-state index in [4.69, 9.17) is 9.25 Å². The van der Waals surface area contributed by atoms with Crippen LogP contribution in [0.5, 0.6) is 0 Å². The van der Waals surface area contributed by atoms with Crippen molar-refractivity contribution in [3.8, 4) is 11.5 Å². The Morgan fingerprint density at radius 3 is 2.52 bits per heavy atom. The molecule has 8 heteroatoms. The van der Waals surface area contributed by atoms with Gasteiger partial charge in [0.15, 0.2) is 0 Å². The van der Waals surface area contributed by atoms with Gasteiger partial charge in [0.2, 0.25) is 17.9 Å². The molecule has 0 aliphatic carbocycles. The fourth-order valence-corrected chi connectivity index (χ4v) is 3.14. The van der Waals surface area contributed by atoms with Crippen molar-refractivity contribution >= 4 is 11.6 Å². The summed E-state index contributed by atoms with van der Waals surface area (Å²) in [5, 5.41) is 12.1. The summed E-state index contributed by atoms with van der Waals surface area (Å²) in [6, 6.07) is 15.3. The van der Waals surface area contributed by atoms with Crippen LogP contribution in [0.4, 0.5) is 4.39 Å². The van der Waals surface area contributed by atoms with Crippen LogP contribution in [-0.2, 0) is 16.2 Å². The molecule has 2 heterocycles. The molecule has 0 saturated carbocycles. The molecule has 4 rings (SSSR count). The van der Waals surface area contributed by atoms with Crippen molar-refractivity contribution in [1.82, 2.24) is 15.1 Å². The van der Waals surface area contributed by atoms with Crippen LogP contribution in [0.1, 0.15) is 18.4 Å². The second-order valence-electron chi connectivity index (χ2n) is 6.86. The minimum Gasteiger partial charge on any atom is -0.419 e. The SMILES string of the molecule is C[C@@H]1C(c2ccc(F)cc2)=NO[C@H]1C(=O)N(C)Cc1nnc(-c2ccccc2)o1. The Hall–Kier alpha value is -3.55. The Morgan fingerprint density at radius 1 is 1.07 bits per heavy atom. The van der Waals surface area contributed by atoms with Crippen molar-refractivity contribution in [3.63, 3.8) is 0 Å². The summed E-state index contributed by atoms with van der Waals surface area (Å²) >= 11 is 0. The predicted octanol–water partition coefficient (Wildman–Crippen LogP) is 3.27. The lowest BCUT2D eigenvalue weighted by atomic mass is 9.93. The van der Waals surface area contributed by atoms with E-state index in [1.54, 1.807) is 19.2 Å². The van der Waals surface area contributed by atoms with Crippen LogP contribution in [0.2, 0.25) is 0 Å². The zero-order valence-electron chi connectivity index (χ0n) is 15.9. The molecule has 0 fully saturated rings. The summed E-state index contributed by atoms with van der Waals surface area (Å²) in [5.74, 6) is -0.141. The Balaban J connectivity index is 1.41. The second-order valence-corrected chi connectivity index (χ2v) is 6.86. The molecular formula is C21H19FN4O3. The van der Waals surface area contributed by atoms with Gasteiger partial charge >= 0.3 is 0 Å². The van der Waals surface area contributed by atoms with Crippen molar-refractivity contribution in [2.45, 2.75) is 19.6 Å². The smallest absolute Gasteiger partial charge is 0.267 e. The number of likely N-dealkylation sites (N-methyl/N-ethyl adjacent to an activating group) is 1. The van der Waals surface area contributed by atoms with Gasteiger partial charge in [-0.25, -0.2) is 4.39 Å². The van der Waals surface area contributed by atoms with E-state index in [-0.39, 0.29) is 24.2 Å². The van der Waals surface area contributed by atoms with Crippen molar-refractivity contribution in [3.05, 3.63) is 71.9 Å². The van der Waals surface area contributed by atoms with Crippen LogP contribution in [0.3, 0.4) is 0 Å². The minimum atomic E-state index is -0.767. The minimum absolute atomic E-state index is 0.150. The first kappa shape index (κ1) is 18.8. The van der Waals surface area contributed by atoms with Crippen LogP contribution in [0.15, 0.2) is 64.2 Å². The number of carbonyl (C=O) groups excluding carboxylic acids is 1. The first-order valence-electron chi connectivity index (χ1n) is 9.15. The molecule has 2 aromatic carbocycles. The number of carbonyl (C=O) groups is 1. The molecule has 2 atom stereocenters. The molecule has 0 N–H and O–H groups in total. The van der Waals surface area contributed by atoms with Gasteiger partial charge in [0, 0.05) is 12.6 Å². The summed E-state index contributed by atoms with van der Waals surface area (Å²) in [4.78, 5) is 19.7. The van der Waals surface area contributed by atoms with Crippen molar-refractivity contribution in [1.29, 1.82) is 0 Å². The van der Waals surface area contributed by atoms with Gasteiger partial charge in [-0.2, -0.15) is 0 Å². The van der Waals surface area contributed by atoms with Crippen molar-refractivity contribution < 1.29 is 18.4 Å². The number of hydrogen-bond acceptors (Lipinski definition) is 6. The molecule has 1 amide bonds. The van der Waals surface area contributed by atoms with E-state index < -0.39 is 6.10 Å². The molecule has 0 saturated heterocycles. The standard InChI is InChI=1S/C21H19FN4O3/c1-13-18(14-8-10-16(22)11-9-14)25-29-19(13)21(27)26(2)12-17-23-24-20(28-17)15-6-4-3-5-7-15/h3-11,13,19H,12H2,1-2H3/t13-,19-/m1/s1. The highest BCUT2D eigenvalue weighted by Gasteiger charge is 2.38. The van der Waals surface area contributed by atoms with Crippen LogP contribution >= 0.6 is 0 Å². The van der Waals surface area contributed by atoms with E-state index in [2.05, 4.69) is 15.4 Å². The van der Waals surface area contributed by atoms with Crippen LogP contribution in [0.25, 0.3) is 11.5 Å². The van der Waals surface area contributed by atoms with E-state index in [1.807, 2.05) is 37.3 Å². The summed E-state index contributed by atoms with van der Waals surface area (Å²) in [6.07, 6.45) is -0.767. The highest BCUT2D eigenvalue weighted by atomic mass is 19.1. The highest BCUT2D eigenvalue weighted by molar-refractivity contribution is 6.05. The lowest BCUT2D eigenvalue weighted by Crippen LogP contribution is -2.40. The first-order valence-corrected chi connectivity index (χ1v) is 9.15. The number of rotatable bonds is 5. The van der Waals surface area contributed by atoms with Gasteiger partial charge < -0.3 is 14.2 Å². The molecule has 3 aromatic rings. The largest absolute Gasteiger partial charge is 0.419 e. The summed E-state index contributed by atoms with van der Waals surface area (Å²) in [5.41, 5.74) is 2.15. The third kappa shape index (κ3) is 3.87. The topological polar surface area (TPSA) is 80.8 Å². The van der Waals surface area contributed by atoms with E-state index in [0.29, 0.717) is 17.5 Å². The zero-order valence-corrected chi connectivity index (χ0v) is 15.9. The maximum Gasteiger partial charge on any atom is 0.267 e. The molecule has 148 valence electrons. The Kier molecular flexibility index (Phi) is 5.07. The number of oxime groups is 1. The molecule has 0 radical (unpaired) electrons. The number of halogens is 1. The van der Waals surface area contributed by atoms with Gasteiger partial charge in [0.05, 0.1) is 18.2 Å². The van der Waals surface area contributed by atoms with Crippen LogP contribution < -0.4 is 0 Å². The number of nitrogens with zero attached hydrogens (tertiary/aromatic N) is 4. The predicted molar refractivity (Wildman–Crippen MR) is 103 cm³/mol. The molecular weight excluding hydrogens is 375 g/mol. The maximum atomic E-state index is 13.1. The van der Waals surface area contributed by atoms with Crippen LogP contribution in [0, 0.1) is 11.7 Å². The molecule has 1 aromatic heterocycles. The summed E-state index contributed by atoms with van der Waals surface area (Å²) in [7, 11) is 1.64. The average molecular weight is 394 g/mol. The van der Waals surface area contributed by atoms with Gasteiger partial charge in [0.25, 0.3) is 5.91 Å². The van der Waals surface area contributed by atoms with E-state index >= 15 is 0 Å². The van der Waals surface area contributed by atoms with Crippen molar-refractivity contribution in [2.75, 3.05) is 7.05 Å².